The summed E-state index contributed by atoms with van der Waals surface area (Å²) < 4.78 is 5.02. The largest absolute Gasteiger partial charge is 0.478 e. The quantitative estimate of drug-likeness (QED) is 0.271. The second kappa shape index (κ2) is 7.17. The number of carboxylic acids is 1. The molecule has 1 N–H and O–H groups in total. The van der Waals surface area contributed by atoms with Gasteiger partial charge < -0.3 is 9.84 Å². The van der Waals surface area contributed by atoms with E-state index >= 15 is 0 Å². The molecule has 0 atom stereocenters. The Morgan fingerprint density at radius 1 is 1.32 bits per heavy atom. The van der Waals surface area contributed by atoms with Crippen molar-refractivity contribution in [2.45, 2.75) is 32.1 Å². The Kier molecular flexibility index (Phi) is 5.81. The van der Waals surface area contributed by atoms with Crippen molar-refractivity contribution in [3.8, 4) is 0 Å². The molecule has 0 amide bonds. The first-order valence-corrected chi connectivity index (χ1v) is 10.5. The Hall–Kier alpha value is -2.22. The monoisotopic (exact) mass is 325 g/mol. The Morgan fingerprint density at radius 3 is 2.45 bits per heavy atom. The van der Waals surface area contributed by atoms with Crippen molar-refractivity contribution in [2.75, 3.05) is 6.61 Å². The number of rotatable bonds is 7. The number of esters is 1. The minimum Gasteiger partial charge on any atom is -0.478 e. The number of carbonyl (C=O) groups is 2. The summed E-state index contributed by atoms with van der Waals surface area (Å²) in [5, 5.41) is 20.0. The van der Waals surface area contributed by atoms with Gasteiger partial charge in [0, 0.05) is 14.1 Å². The van der Waals surface area contributed by atoms with E-state index < -0.39 is 41.8 Å². The Bertz CT molecular complexity index is 561. The second-order valence-corrected chi connectivity index (χ2v) is 11.7. The van der Waals surface area contributed by atoms with Gasteiger partial charge in [0.05, 0.1) is 17.1 Å². The lowest BCUT2D eigenvalue weighted by Gasteiger charge is -2.15. The van der Waals surface area contributed by atoms with Crippen molar-refractivity contribution in [1.82, 2.24) is 0 Å². The van der Waals surface area contributed by atoms with Crippen molar-refractivity contribution in [3.63, 3.8) is 0 Å². The van der Waals surface area contributed by atoms with E-state index in [1.807, 2.05) is 0 Å². The number of hydrogen-bond donors (Lipinski definition) is 1. The van der Waals surface area contributed by atoms with Gasteiger partial charge in [0.25, 0.3) is 5.69 Å². The third-order valence-electron chi connectivity index (χ3n) is 2.98. The standard InChI is InChI=1S/C14H19NO6Si/c1-22(2,3)9-5-8-21-14(18)12-10(13(16)17)6-4-7-11(12)15(19)20/h4,6-7H,5,8-9H2,1-3H3,(H,16,17). The molecular formula is C14H19NO6Si. The lowest BCUT2D eigenvalue weighted by atomic mass is 10.1. The van der Waals surface area contributed by atoms with Crippen molar-refractivity contribution < 1.29 is 24.4 Å². The molecule has 1 rings (SSSR count). The first kappa shape index (κ1) is 17.8. The van der Waals surface area contributed by atoms with Crippen molar-refractivity contribution in [1.29, 1.82) is 0 Å². The van der Waals surface area contributed by atoms with Crippen LogP contribution >= 0.6 is 0 Å². The lowest BCUT2D eigenvalue weighted by Crippen LogP contribution is -2.20. The summed E-state index contributed by atoms with van der Waals surface area (Å²) in [6.45, 7) is 6.66. The molecule has 0 aliphatic carbocycles. The first-order chi connectivity index (χ1) is 10.1. The zero-order valence-electron chi connectivity index (χ0n) is 12.8. The van der Waals surface area contributed by atoms with Gasteiger partial charge in [0.15, 0.2) is 5.56 Å². The highest BCUT2D eigenvalue weighted by molar-refractivity contribution is 6.76. The zero-order chi connectivity index (χ0) is 16.9. The maximum Gasteiger partial charge on any atom is 0.346 e. The number of benzene rings is 1. The average molecular weight is 325 g/mol. The number of aromatic carboxylic acids is 1. The molecule has 7 nitrogen and oxygen atoms in total. The van der Waals surface area contributed by atoms with Gasteiger partial charge in [-0.05, 0) is 12.5 Å². The smallest absolute Gasteiger partial charge is 0.346 e. The molecule has 0 bridgehead atoms. The number of nitro benzene ring substituents is 1. The highest BCUT2D eigenvalue weighted by atomic mass is 28.3. The van der Waals surface area contributed by atoms with Gasteiger partial charge in [-0.25, -0.2) is 9.59 Å². The SMILES string of the molecule is C[Si](C)(C)CCCOC(=O)c1c(C(=O)O)cccc1[N+](=O)[O-]. The molecule has 120 valence electrons. The van der Waals surface area contributed by atoms with Crippen LogP contribution in [-0.4, -0.2) is 36.6 Å². The van der Waals surface area contributed by atoms with E-state index in [4.69, 9.17) is 9.84 Å². The molecule has 22 heavy (non-hydrogen) atoms. The number of hydrogen-bond acceptors (Lipinski definition) is 5. The zero-order valence-corrected chi connectivity index (χ0v) is 13.8. The van der Waals surface area contributed by atoms with E-state index in [-0.39, 0.29) is 6.61 Å². The van der Waals surface area contributed by atoms with E-state index in [1.54, 1.807) is 0 Å². The maximum absolute atomic E-state index is 12.0. The summed E-state index contributed by atoms with van der Waals surface area (Å²) in [6.07, 6.45) is 0.657. The van der Waals surface area contributed by atoms with E-state index in [1.165, 1.54) is 6.07 Å². The Morgan fingerprint density at radius 2 is 1.95 bits per heavy atom. The normalized spacial score (nSPS) is 11.0. The molecular weight excluding hydrogens is 306 g/mol. The van der Waals surface area contributed by atoms with Crippen molar-refractivity contribution in [2.24, 2.45) is 0 Å². The van der Waals surface area contributed by atoms with Gasteiger partial charge >= 0.3 is 11.9 Å². The molecule has 0 saturated carbocycles. The minimum atomic E-state index is -1.40. The molecule has 0 saturated heterocycles. The number of ether oxygens (including phenoxy) is 1. The average Bonchev–Trinajstić information content (AvgIpc) is 2.41. The first-order valence-electron chi connectivity index (χ1n) is 6.81. The predicted octanol–water partition coefficient (Wildman–Crippen LogP) is 3.18. The number of nitro groups is 1. The van der Waals surface area contributed by atoms with Crippen LogP contribution in [0.5, 0.6) is 0 Å². The van der Waals surface area contributed by atoms with E-state index in [2.05, 4.69) is 19.6 Å². The van der Waals surface area contributed by atoms with Gasteiger partial charge in [-0.1, -0.05) is 31.8 Å². The van der Waals surface area contributed by atoms with Crippen molar-refractivity contribution >= 4 is 25.7 Å². The summed E-state index contributed by atoms with van der Waals surface area (Å²) in [5.41, 5.74) is -1.49. The number of nitrogens with zero attached hydrogens (tertiary/aromatic N) is 1. The molecule has 0 aromatic heterocycles. The third-order valence-corrected chi connectivity index (χ3v) is 4.83. The van der Waals surface area contributed by atoms with Crippen LogP contribution in [0.2, 0.25) is 25.7 Å². The summed E-state index contributed by atoms with van der Waals surface area (Å²) in [4.78, 5) is 33.4. The van der Waals surface area contributed by atoms with Gasteiger partial charge in [-0.3, -0.25) is 10.1 Å². The van der Waals surface area contributed by atoms with Gasteiger partial charge in [0.2, 0.25) is 0 Å². The molecule has 0 heterocycles. The predicted molar refractivity (Wildman–Crippen MR) is 83.1 cm³/mol. The van der Waals surface area contributed by atoms with Crippen LogP contribution in [0.25, 0.3) is 0 Å². The molecule has 1 aromatic rings. The van der Waals surface area contributed by atoms with Crippen LogP contribution in [0.4, 0.5) is 5.69 Å². The van der Waals surface area contributed by atoms with Gasteiger partial charge in [0.1, 0.15) is 0 Å². The highest BCUT2D eigenvalue weighted by Gasteiger charge is 2.28. The fourth-order valence-corrected chi connectivity index (χ4v) is 3.13. The maximum atomic E-state index is 12.0. The van der Waals surface area contributed by atoms with Gasteiger partial charge in [-0.15, -0.1) is 0 Å². The summed E-state index contributed by atoms with van der Waals surface area (Å²) in [5.74, 6) is -2.38. The van der Waals surface area contributed by atoms with Crippen LogP contribution in [0.3, 0.4) is 0 Å². The fraction of sp³-hybridized carbons (Fsp3) is 0.429. The lowest BCUT2D eigenvalue weighted by molar-refractivity contribution is -0.385. The van der Waals surface area contributed by atoms with Crippen LogP contribution in [-0.2, 0) is 4.74 Å². The van der Waals surface area contributed by atoms with Crippen molar-refractivity contribution in [3.05, 3.63) is 39.4 Å². The third kappa shape index (κ3) is 4.96. The molecule has 0 spiro atoms. The van der Waals surface area contributed by atoms with Crippen LogP contribution in [0, 0.1) is 10.1 Å². The molecule has 0 radical (unpaired) electrons. The molecule has 0 aliphatic heterocycles. The molecule has 1 aromatic carbocycles. The van der Waals surface area contributed by atoms with Gasteiger partial charge in [-0.2, -0.15) is 0 Å². The fourth-order valence-electron chi connectivity index (χ4n) is 1.92. The molecule has 0 unspecified atom stereocenters. The van der Waals surface area contributed by atoms with E-state index in [0.29, 0.717) is 6.42 Å². The number of carboxylic acid groups (broad SMARTS) is 1. The Balaban J connectivity index is 2.92. The molecule has 0 aliphatic rings. The van der Waals surface area contributed by atoms with Crippen LogP contribution < -0.4 is 0 Å². The molecule has 8 heteroatoms. The Labute approximate surface area is 129 Å². The van der Waals surface area contributed by atoms with E-state index in [0.717, 1.165) is 18.2 Å². The summed E-state index contributed by atoms with van der Waals surface area (Å²) in [7, 11) is -1.26. The van der Waals surface area contributed by atoms with E-state index in [9.17, 15) is 19.7 Å². The summed E-state index contributed by atoms with van der Waals surface area (Å²) in [6, 6.07) is 4.41. The molecule has 0 fully saturated rings. The summed E-state index contributed by atoms with van der Waals surface area (Å²) >= 11 is 0. The van der Waals surface area contributed by atoms with Crippen LogP contribution in [0.1, 0.15) is 27.1 Å². The second-order valence-electron chi connectivity index (χ2n) is 6.06. The topological polar surface area (TPSA) is 107 Å². The minimum absolute atomic E-state index is 0.119. The van der Waals surface area contributed by atoms with Crippen LogP contribution in [0.15, 0.2) is 18.2 Å². The highest BCUT2D eigenvalue weighted by Crippen LogP contribution is 2.23. The number of carbonyl (C=O) groups excluding carboxylic acids is 1.